The van der Waals surface area contributed by atoms with Gasteiger partial charge in [0.15, 0.2) is 5.78 Å². The Hall–Kier alpha value is -2.24. The number of aliphatic hydroxyl groups is 1. The van der Waals surface area contributed by atoms with Gasteiger partial charge in [0.05, 0.1) is 0 Å². The fraction of sp³-hybridized carbons (Fsp3) is 0.222. The smallest absolute Gasteiger partial charge is 0.189 e. The van der Waals surface area contributed by atoms with E-state index in [4.69, 9.17) is 4.74 Å². The van der Waals surface area contributed by atoms with E-state index in [2.05, 4.69) is 39.4 Å². The zero-order valence-corrected chi connectivity index (χ0v) is 22.1. The molecule has 0 amide bonds. The Balaban J connectivity index is 0.000000253. The maximum absolute atomic E-state index is 11.8. The van der Waals surface area contributed by atoms with Crippen LogP contribution in [0.2, 0.25) is 0 Å². The summed E-state index contributed by atoms with van der Waals surface area (Å²) in [4.78, 5) is 11.8. The van der Waals surface area contributed by atoms with Crippen LogP contribution in [0.3, 0.4) is 0 Å². The van der Waals surface area contributed by atoms with E-state index < -0.39 is 0 Å². The molecule has 0 bridgehead atoms. The van der Waals surface area contributed by atoms with Crippen molar-refractivity contribution in [3.63, 3.8) is 0 Å². The van der Waals surface area contributed by atoms with Crippen molar-refractivity contribution in [3.05, 3.63) is 118 Å². The Morgan fingerprint density at radius 1 is 1.06 bits per heavy atom. The van der Waals surface area contributed by atoms with Crippen LogP contribution in [-0.2, 0) is 20.1 Å². The van der Waals surface area contributed by atoms with E-state index in [1.165, 1.54) is 30.9 Å². The molecular formula is C27H26BrIrNO3-2. The summed E-state index contributed by atoms with van der Waals surface area (Å²) in [6.07, 6.45) is 4.97. The molecule has 6 heteroatoms. The predicted molar refractivity (Wildman–Crippen MR) is 131 cm³/mol. The van der Waals surface area contributed by atoms with Crippen LogP contribution in [-0.4, -0.2) is 24.0 Å². The van der Waals surface area contributed by atoms with Gasteiger partial charge in [-0.3, -0.25) is 4.79 Å². The van der Waals surface area contributed by atoms with Crippen molar-refractivity contribution in [2.45, 2.75) is 25.3 Å². The van der Waals surface area contributed by atoms with Gasteiger partial charge in [-0.25, -0.2) is 0 Å². The van der Waals surface area contributed by atoms with Crippen LogP contribution in [0.15, 0.2) is 95.2 Å². The summed E-state index contributed by atoms with van der Waals surface area (Å²) < 4.78 is 6.32. The van der Waals surface area contributed by atoms with Gasteiger partial charge in [0, 0.05) is 36.2 Å². The van der Waals surface area contributed by atoms with Crippen LogP contribution >= 0.6 is 15.9 Å². The molecule has 1 aliphatic heterocycles. The van der Waals surface area contributed by atoms with E-state index in [1.807, 2.05) is 30.3 Å². The summed E-state index contributed by atoms with van der Waals surface area (Å²) in [7, 11) is 0. The first-order valence-electron chi connectivity index (χ1n) is 10.6. The van der Waals surface area contributed by atoms with Crippen molar-refractivity contribution < 1.29 is 34.7 Å². The summed E-state index contributed by atoms with van der Waals surface area (Å²) >= 11 is 3.32. The molecular weight excluding hydrogens is 658 g/mol. The molecule has 4 rings (SSSR count). The van der Waals surface area contributed by atoms with Crippen molar-refractivity contribution in [2.75, 3.05) is 13.2 Å². The Labute approximate surface area is 217 Å². The van der Waals surface area contributed by atoms with E-state index in [-0.39, 0.29) is 38.3 Å². The summed E-state index contributed by atoms with van der Waals surface area (Å²) in [6, 6.07) is 27.8. The second-order valence-electron chi connectivity index (χ2n) is 7.34. The van der Waals surface area contributed by atoms with Crippen molar-refractivity contribution in [1.82, 2.24) is 0 Å². The Kier molecular flexibility index (Phi) is 12.1. The van der Waals surface area contributed by atoms with Crippen LogP contribution in [0.4, 0.5) is 0 Å². The Bertz CT molecular complexity index is 989. The molecule has 0 saturated carbocycles. The second-order valence-corrected chi connectivity index (χ2v) is 8.26. The number of allylic oxidation sites excluding steroid dienone is 1. The van der Waals surface area contributed by atoms with E-state index >= 15 is 0 Å². The van der Waals surface area contributed by atoms with Gasteiger partial charge in [0.1, 0.15) is 18.1 Å². The first kappa shape index (κ1) is 27.0. The molecule has 4 nitrogen and oxygen atoms in total. The topological polar surface area (TPSA) is 60.6 Å². The molecule has 3 aromatic rings. The average molecular weight is 685 g/mol. The number of hydrogen-bond acceptors (Lipinski definition) is 3. The molecule has 0 aromatic heterocycles. The van der Waals surface area contributed by atoms with Gasteiger partial charge >= 0.3 is 0 Å². The number of rotatable bonds is 6. The van der Waals surface area contributed by atoms with Gasteiger partial charge in [0.2, 0.25) is 0 Å². The maximum Gasteiger partial charge on any atom is 0.189 e. The Morgan fingerprint density at radius 3 is 2.42 bits per heavy atom. The van der Waals surface area contributed by atoms with Crippen molar-refractivity contribution >= 4 is 21.7 Å². The molecule has 175 valence electrons. The van der Waals surface area contributed by atoms with E-state index in [0.29, 0.717) is 17.4 Å². The van der Waals surface area contributed by atoms with Crippen LogP contribution in [0.5, 0.6) is 5.75 Å². The fourth-order valence-corrected chi connectivity index (χ4v) is 3.49. The number of ether oxygens (including phenoxy) is 1. The summed E-state index contributed by atoms with van der Waals surface area (Å²) in [5.74, 6) is 0.268. The number of carbonyl (C=O) groups excluding carboxylic acids is 1. The minimum absolute atomic E-state index is 0. The molecule has 1 atom stereocenters. The van der Waals surface area contributed by atoms with Gasteiger partial charge < -0.3 is 15.2 Å². The molecule has 1 heterocycles. The Morgan fingerprint density at radius 2 is 1.79 bits per heavy atom. The third kappa shape index (κ3) is 9.65. The molecule has 0 aliphatic carbocycles. The first-order chi connectivity index (χ1) is 15.6. The van der Waals surface area contributed by atoms with Crippen molar-refractivity contribution in [2.24, 2.45) is 0 Å². The second kappa shape index (κ2) is 14.8. The number of aliphatic hydroxyl groups excluding tert-OH is 1. The normalized spacial score (nSPS) is 15.4. The standard InChI is InChI=1S/C16H13BrO3.C11H13N.Ir/c17-13-6-8-15(9-7-13)20-11-14(18)10-16(19)12-4-2-1-3-5-12;1-2-6-10(7-3-1)11-8-4-5-9-12-11;/h1-10,18H,11H2;1-3,6,11H,4-5,8-9H2;/q;-2;/b14-10-;;. The number of nitrogens with zero attached hydrogens (tertiary/aromatic N) is 1. The number of halogens is 1. The van der Waals surface area contributed by atoms with Gasteiger partial charge in [0.25, 0.3) is 0 Å². The van der Waals surface area contributed by atoms with Crippen molar-refractivity contribution in [3.8, 4) is 5.75 Å². The average Bonchev–Trinajstić information content (AvgIpc) is 2.86. The SMILES string of the molecule is O=C(/C=C(\O)COc1ccc(Br)cc1)c1ccccc1.[Ir].[c-]1ccccc1C1CCCC[N-]1. The van der Waals surface area contributed by atoms with E-state index in [1.54, 1.807) is 36.4 Å². The summed E-state index contributed by atoms with van der Waals surface area (Å²) in [5, 5.41) is 14.3. The zero-order chi connectivity index (χ0) is 22.6. The quantitative estimate of drug-likeness (QED) is 0.129. The minimum Gasteiger partial charge on any atom is -0.657 e. The van der Waals surface area contributed by atoms with E-state index in [0.717, 1.165) is 11.0 Å². The molecule has 1 radical (unpaired) electrons. The molecule has 1 N–H and O–H groups in total. The molecule has 1 fully saturated rings. The number of hydrogen-bond donors (Lipinski definition) is 1. The molecule has 1 unspecified atom stereocenters. The molecule has 1 saturated heterocycles. The van der Waals surface area contributed by atoms with Crippen LogP contribution in [0, 0.1) is 6.07 Å². The van der Waals surface area contributed by atoms with Gasteiger partial charge in [-0.2, -0.15) is 35.9 Å². The van der Waals surface area contributed by atoms with Gasteiger partial charge in [-0.1, -0.05) is 65.5 Å². The van der Waals surface area contributed by atoms with Crippen LogP contribution in [0.1, 0.15) is 41.2 Å². The fourth-order valence-electron chi connectivity index (χ4n) is 3.22. The van der Waals surface area contributed by atoms with Crippen molar-refractivity contribution in [1.29, 1.82) is 0 Å². The van der Waals surface area contributed by atoms with Crippen LogP contribution in [0.25, 0.3) is 5.32 Å². The summed E-state index contributed by atoms with van der Waals surface area (Å²) in [6.45, 7) is 0.994. The van der Waals surface area contributed by atoms with E-state index in [9.17, 15) is 9.90 Å². The van der Waals surface area contributed by atoms with Gasteiger partial charge in [-0.15, -0.1) is 12.6 Å². The third-order valence-electron chi connectivity index (χ3n) is 4.88. The van der Waals surface area contributed by atoms with Crippen LogP contribution < -0.4 is 4.74 Å². The largest absolute Gasteiger partial charge is 0.657 e. The van der Waals surface area contributed by atoms with Gasteiger partial charge in [-0.05, 0) is 24.3 Å². The summed E-state index contributed by atoms with van der Waals surface area (Å²) in [5.41, 5.74) is 1.79. The minimum atomic E-state index is -0.248. The first-order valence-corrected chi connectivity index (χ1v) is 11.4. The third-order valence-corrected chi connectivity index (χ3v) is 5.41. The molecule has 1 aliphatic rings. The molecule has 33 heavy (non-hydrogen) atoms. The predicted octanol–water partition coefficient (Wildman–Crippen LogP) is 7.24. The number of ketones is 1. The monoisotopic (exact) mass is 684 g/mol. The maximum atomic E-state index is 11.8. The number of piperidine rings is 1. The molecule has 0 spiro atoms. The number of carbonyl (C=O) groups is 1. The molecule has 3 aromatic carbocycles. The number of benzene rings is 3. The zero-order valence-electron chi connectivity index (χ0n) is 18.1.